The summed E-state index contributed by atoms with van der Waals surface area (Å²) < 4.78 is 7.17. The Labute approximate surface area is 137 Å². The quantitative estimate of drug-likeness (QED) is 0.444. The van der Waals surface area contributed by atoms with Crippen molar-refractivity contribution in [3.05, 3.63) is 48.3 Å². The average molecular weight is 315 g/mol. The highest BCUT2D eigenvalue weighted by Crippen LogP contribution is 2.09. The molecule has 6 nitrogen and oxygen atoms in total. The molecule has 0 saturated heterocycles. The second-order valence-electron chi connectivity index (χ2n) is 5.02. The lowest BCUT2D eigenvalue weighted by atomic mass is 10.2. The fraction of sp³-hybridized carbons (Fsp3) is 0.412. The highest BCUT2D eigenvalue weighted by atomic mass is 16.5. The minimum Gasteiger partial charge on any atom is -0.382 e. The largest absolute Gasteiger partial charge is 0.382 e. The summed E-state index contributed by atoms with van der Waals surface area (Å²) in [4.78, 5) is 4.23. The van der Waals surface area contributed by atoms with E-state index in [4.69, 9.17) is 4.74 Å². The zero-order chi connectivity index (χ0) is 16.3. The van der Waals surface area contributed by atoms with Crippen molar-refractivity contribution < 1.29 is 4.74 Å². The van der Waals surface area contributed by atoms with Gasteiger partial charge in [0, 0.05) is 45.7 Å². The molecule has 124 valence electrons. The normalized spacial score (nSPS) is 11.5. The number of nitrogens with zero attached hydrogens (tertiary/aromatic N) is 3. The van der Waals surface area contributed by atoms with Crippen LogP contribution >= 0.6 is 0 Å². The molecule has 0 amide bonds. The van der Waals surface area contributed by atoms with Gasteiger partial charge in [-0.2, -0.15) is 5.10 Å². The van der Waals surface area contributed by atoms with E-state index in [1.807, 2.05) is 36.0 Å². The smallest absolute Gasteiger partial charge is 0.191 e. The van der Waals surface area contributed by atoms with Gasteiger partial charge in [0.1, 0.15) is 0 Å². The van der Waals surface area contributed by atoms with Crippen LogP contribution in [0.4, 0.5) is 0 Å². The third kappa shape index (κ3) is 5.75. The van der Waals surface area contributed by atoms with Crippen LogP contribution in [0.25, 0.3) is 5.69 Å². The number of nitrogens with one attached hydrogen (secondary N) is 2. The second-order valence-corrected chi connectivity index (χ2v) is 5.02. The molecule has 0 spiro atoms. The number of benzene rings is 1. The molecular formula is C17H25N5O. The van der Waals surface area contributed by atoms with Crippen molar-refractivity contribution >= 4 is 5.96 Å². The summed E-state index contributed by atoms with van der Waals surface area (Å²) in [7, 11) is 1.78. The van der Waals surface area contributed by atoms with E-state index in [-0.39, 0.29) is 0 Å². The van der Waals surface area contributed by atoms with E-state index in [9.17, 15) is 0 Å². The van der Waals surface area contributed by atoms with Crippen LogP contribution in [0, 0.1) is 0 Å². The van der Waals surface area contributed by atoms with Crippen LogP contribution in [-0.2, 0) is 11.3 Å². The van der Waals surface area contributed by atoms with Crippen molar-refractivity contribution in [1.29, 1.82) is 0 Å². The van der Waals surface area contributed by atoms with Gasteiger partial charge in [0.25, 0.3) is 0 Å². The van der Waals surface area contributed by atoms with Crippen LogP contribution in [0.2, 0.25) is 0 Å². The first kappa shape index (κ1) is 17.0. The van der Waals surface area contributed by atoms with Crippen LogP contribution in [-0.4, -0.2) is 42.5 Å². The predicted molar refractivity (Wildman–Crippen MR) is 92.9 cm³/mol. The Kier molecular flexibility index (Phi) is 7.13. The molecule has 2 rings (SSSR count). The molecule has 0 unspecified atom stereocenters. The standard InChI is InChI=1S/C17H25N5O/c1-3-23-12-6-9-19-17(18-2)20-14-15-7-4-8-16(13-15)22-11-5-10-21-22/h4-5,7-8,10-11,13H,3,6,9,12,14H2,1-2H3,(H2,18,19,20). The highest BCUT2D eigenvalue weighted by Gasteiger charge is 2.01. The summed E-state index contributed by atoms with van der Waals surface area (Å²) in [6, 6.07) is 10.2. The van der Waals surface area contributed by atoms with E-state index in [0.29, 0.717) is 6.54 Å². The summed E-state index contributed by atoms with van der Waals surface area (Å²) in [5.74, 6) is 0.797. The van der Waals surface area contributed by atoms with Gasteiger partial charge in [-0.25, -0.2) is 4.68 Å². The van der Waals surface area contributed by atoms with E-state index < -0.39 is 0 Å². The van der Waals surface area contributed by atoms with Crippen molar-refractivity contribution in [2.24, 2.45) is 4.99 Å². The minimum atomic E-state index is 0.709. The first-order chi connectivity index (χ1) is 11.3. The van der Waals surface area contributed by atoms with Gasteiger partial charge in [0.2, 0.25) is 0 Å². The molecule has 2 N–H and O–H groups in total. The fourth-order valence-corrected chi connectivity index (χ4v) is 2.16. The molecule has 0 atom stereocenters. The lowest BCUT2D eigenvalue weighted by molar-refractivity contribution is 0.145. The molecule has 0 bridgehead atoms. The molecule has 23 heavy (non-hydrogen) atoms. The van der Waals surface area contributed by atoms with Crippen LogP contribution < -0.4 is 10.6 Å². The van der Waals surface area contributed by atoms with Crippen molar-refractivity contribution in [3.8, 4) is 5.69 Å². The summed E-state index contributed by atoms with van der Waals surface area (Å²) in [6.45, 7) is 5.09. The zero-order valence-corrected chi connectivity index (χ0v) is 13.8. The van der Waals surface area contributed by atoms with Gasteiger partial charge < -0.3 is 15.4 Å². The van der Waals surface area contributed by atoms with Crippen LogP contribution in [0.5, 0.6) is 0 Å². The van der Waals surface area contributed by atoms with E-state index in [1.54, 1.807) is 13.2 Å². The van der Waals surface area contributed by atoms with Crippen molar-refractivity contribution in [2.45, 2.75) is 19.9 Å². The second kappa shape index (κ2) is 9.63. The molecule has 1 aromatic heterocycles. The van der Waals surface area contributed by atoms with E-state index >= 15 is 0 Å². The third-order valence-corrected chi connectivity index (χ3v) is 3.33. The fourth-order valence-electron chi connectivity index (χ4n) is 2.16. The Balaban J connectivity index is 1.81. The molecule has 2 aromatic rings. The number of aromatic nitrogens is 2. The van der Waals surface area contributed by atoms with Gasteiger partial charge in [-0.15, -0.1) is 0 Å². The molecule has 6 heteroatoms. The molecule has 0 aliphatic rings. The van der Waals surface area contributed by atoms with Crippen molar-refractivity contribution in [1.82, 2.24) is 20.4 Å². The zero-order valence-electron chi connectivity index (χ0n) is 13.8. The van der Waals surface area contributed by atoms with E-state index in [0.717, 1.165) is 37.8 Å². The van der Waals surface area contributed by atoms with Gasteiger partial charge in [0.15, 0.2) is 5.96 Å². The number of ether oxygens (including phenoxy) is 1. The van der Waals surface area contributed by atoms with Crippen molar-refractivity contribution in [3.63, 3.8) is 0 Å². The monoisotopic (exact) mass is 315 g/mol. The minimum absolute atomic E-state index is 0.709. The molecule has 0 aliphatic heterocycles. The van der Waals surface area contributed by atoms with Crippen LogP contribution in [0.1, 0.15) is 18.9 Å². The number of hydrogen-bond acceptors (Lipinski definition) is 3. The molecule has 1 aromatic carbocycles. The Morgan fingerprint density at radius 2 is 2.22 bits per heavy atom. The summed E-state index contributed by atoms with van der Waals surface area (Å²) in [5, 5.41) is 10.9. The average Bonchev–Trinajstić information content (AvgIpc) is 3.12. The van der Waals surface area contributed by atoms with Gasteiger partial charge in [-0.3, -0.25) is 4.99 Å². The van der Waals surface area contributed by atoms with Gasteiger partial charge >= 0.3 is 0 Å². The van der Waals surface area contributed by atoms with Crippen LogP contribution in [0.3, 0.4) is 0 Å². The Hall–Kier alpha value is -2.34. The predicted octanol–water partition coefficient (Wildman–Crippen LogP) is 1.96. The van der Waals surface area contributed by atoms with Gasteiger partial charge in [-0.05, 0) is 37.1 Å². The number of guanidine groups is 1. The third-order valence-electron chi connectivity index (χ3n) is 3.33. The lowest BCUT2D eigenvalue weighted by Crippen LogP contribution is -2.37. The maximum atomic E-state index is 5.32. The summed E-state index contributed by atoms with van der Waals surface area (Å²) in [5.41, 5.74) is 2.23. The number of aliphatic imine (C=N–C) groups is 1. The molecule has 0 radical (unpaired) electrons. The SMILES string of the molecule is CCOCCCNC(=NC)NCc1cccc(-n2cccn2)c1. The molecule has 0 saturated carbocycles. The summed E-state index contributed by atoms with van der Waals surface area (Å²) >= 11 is 0. The van der Waals surface area contributed by atoms with E-state index in [2.05, 4.69) is 32.9 Å². The molecule has 0 aliphatic carbocycles. The highest BCUT2D eigenvalue weighted by molar-refractivity contribution is 5.79. The first-order valence-corrected chi connectivity index (χ1v) is 7.94. The number of hydrogen-bond donors (Lipinski definition) is 2. The Morgan fingerprint density at radius 1 is 1.30 bits per heavy atom. The maximum Gasteiger partial charge on any atom is 0.191 e. The lowest BCUT2D eigenvalue weighted by Gasteiger charge is -2.12. The van der Waals surface area contributed by atoms with Crippen LogP contribution in [0.15, 0.2) is 47.7 Å². The summed E-state index contributed by atoms with van der Waals surface area (Å²) in [6.07, 6.45) is 4.67. The molecule has 0 fully saturated rings. The first-order valence-electron chi connectivity index (χ1n) is 7.94. The Morgan fingerprint density at radius 3 is 2.96 bits per heavy atom. The van der Waals surface area contributed by atoms with Crippen molar-refractivity contribution in [2.75, 3.05) is 26.8 Å². The molecular weight excluding hydrogens is 290 g/mol. The molecule has 1 heterocycles. The number of rotatable bonds is 8. The van der Waals surface area contributed by atoms with Gasteiger partial charge in [-0.1, -0.05) is 12.1 Å². The Bertz CT molecular complexity index is 595. The van der Waals surface area contributed by atoms with Gasteiger partial charge in [0.05, 0.1) is 5.69 Å². The topological polar surface area (TPSA) is 63.5 Å². The van der Waals surface area contributed by atoms with E-state index in [1.165, 1.54) is 5.56 Å². The maximum absolute atomic E-state index is 5.32.